The first kappa shape index (κ1) is 17.5. The fraction of sp³-hybridized carbons (Fsp3) is 0.267. The van der Waals surface area contributed by atoms with Gasteiger partial charge < -0.3 is 4.90 Å². The van der Waals surface area contributed by atoms with Crippen LogP contribution in [0.15, 0.2) is 33.4 Å². The number of rotatable bonds is 6. The van der Waals surface area contributed by atoms with Gasteiger partial charge in [-0.25, -0.2) is 0 Å². The second kappa shape index (κ2) is 7.73. The summed E-state index contributed by atoms with van der Waals surface area (Å²) in [5.41, 5.74) is 0. The van der Waals surface area contributed by atoms with Gasteiger partial charge in [-0.1, -0.05) is 6.07 Å². The van der Waals surface area contributed by atoms with E-state index in [0.29, 0.717) is 24.3 Å². The van der Waals surface area contributed by atoms with Crippen molar-refractivity contribution in [1.82, 2.24) is 19.7 Å². The molecule has 3 heterocycles. The van der Waals surface area contributed by atoms with Crippen LogP contribution in [0.2, 0.25) is 0 Å². The Morgan fingerprint density at radius 3 is 2.96 bits per heavy atom. The standard InChI is InChI=1S/C15H15BrN4OS3/c1-19(9-10-4-5-12(16)24-10)13(21)6-7-20-14(17-18-15(20)22)11-3-2-8-23-11/h2-5,8H,6-7,9H2,1H3,(H,18,22). The molecule has 0 aliphatic heterocycles. The summed E-state index contributed by atoms with van der Waals surface area (Å²) in [5, 5.41) is 9.09. The molecule has 0 aromatic carbocycles. The first-order chi connectivity index (χ1) is 11.5. The van der Waals surface area contributed by atoms with Crippen LogP contribution in [0.25, 0.3) is 10.7 Å². The van der Waals surface area contributed by atoms with Crippen molar-refractivity contribution in [3.63, 3.8) is 0 Å². The fourth-order valence-electron chi connectivity index (χ4n) is 2.28. The Bertz CT molecular complexity index is 881. The summed E-state index contributed by atoms with van der Waals surface area (Å²) in [4.78, 5) is 16.3. The van der Waals surface area contributed by atoms with Crippen LogP contribution >= 0.6 is 50.8 Å². The number of halogens is 1. The largest absolute Gasteiger partial charge is 0.341 e. The lowest BCUT2D eigenvalue weighted by atomic mass is 10.3. The number of amides is 1. The van der Waals surface area contributed by atoms with Crippen molar-refractivity contribution in [3.05, 3.63) is 43.1 Å². The second-order valence-corrected chi connectivity index (χ2v) is 9.07. The molecule has 0 aliphatic carbocycles. The molecule has 1 amide bonds. The lowest BCUT2D eigenvalue weighted by molar-refractivity contribution is -0.130. The number of hydrogen-bond acceptors (Lipinski definition) is 5. The van der Waals surface area contributed by atoms with Gasteiger partial charge in [-0.15, -0.1) is 22.7 Å². The van der Waals surface area contributed by atoms with Gasteiger partial charge >= 0.3 is 0 Å². The van der Waals surface area contributed by atoms with Crippen LogP contribution in [0, 0.1) is 4.77 Å². The molecule has 0 atom stereocenters. The van der Waals surface area contributed by atoms with Gasteiger partial charge in [0.2, 0.25) is 5.91 Å². The van der Waals surface area contributed by atoms with Gasteiger partial charge in [0.05, 0.1) is 15.2 Å². The molecule has 126 valence electrons. The fourth-order valence-corrected chi connectivity index (χ4v) is 4.76. The molecule has 24 heavy (non-hydrogen) atoms. The summed E-state index contributed by atoms with van der Waals surface area (Å²) in [6.07, 6.45) is 0.384. The van der Waals surface area contributed by atoms with E-state index in [9.17, 15) is 4.79 Å². The number of aromatic amines is 1. The highest BCUT2D eigenvalue weighted by Gasteiger charge is 2.14. The van der Waals surface area contributed by atoms with Crippen molar-refractivity contribution in [2.24, 2.45) is 0 Å². The van der Waals surface area contributed by atoms with E-state index in [1.165, 1.54) is 0 Å². The minimum atomic E-state index is 0.0831. The number of carbonyl (C=O) groups excluding carboxylic acids is 1. The quantitative estimate of drug-likeness (QED) is 0.569. The zero-order valence-electron chi connectivity index (χ0n) is 12.9. The molecule has 3 aromatic heterocycles. The predicted octanol–water partition coefficient (Wildman–Crippen LogP) is 4.54. The highest BCUT2D eigenvalue weighted by Crippen LogP contribution is 2.24. The van der Waals surface area contributed by atoms with Gasteiger partial charge in [0.1, 0.15) is 0 Å². The van der Waals surface area contributed by atoms with Crippen molar-refractivity contribution < 1.29 is 4.79 Å². The molecule has 0 radical (unpaired) electrons. The van der Waals surface area contributed by atoms with Gasteiger partial charge in [0.25, 0.3) is 0 Å². The Morgan fingerprint density at radius 1 is 1.46 bits per heavy atom. The Labute approximate surface area is 161 Å². The Balaban J connectivity index is 1.64. The molecular weight excluding hydrogens is 428 g/mol. The molecule has 0 unspecified atom stereocenters. The zero-order valence-corrected chi connectivity index (χ0v) is 16.9. The van der Waals surface area contributed by atoms with Crippen molar-refractivity contribution in [3.8, 4) is 10.7 Å². The molecule has 0 bridgehead atoms. The molecule has 3 rings (SSSR count). The topological polar surface area (TPSA) is 53.9 Å². The van der Waals surface area contributed by atoms with Crippen molar-refractivity contribution in [1.29, 1.82) is 0 Å². The average Bonchev–Trinajstić information content (AvgIpc) is 3.27. The Morgan fingerprint density at radius 2 is 2.29 bits per heavy atom. The molecule has 0 aliphatic rings. The summed E-state index contributed by atoms with van der Waals surface area (Å²) in [7, 11) is 1.82. The van der Waals surface area contributed by atoms with Crippen LogP contribution in [0.5, 0.6) is 0 Å². The van der Waals surface area contributed by atoms with E-state index in [4.69, 9.17) is 12.2 Å². The van der Waals surface area contributed by atoms with E-state index < -0.39 is 0 Å². The van der Waals surface area contributed by atoms with Gasteiger partial charge in [-0.3, -0.25) is 14.5 Å². The van der Waals surface area contributed by atoms with Crippen LogP contribution in [0.1, 0.15) is 11.3 Å². The summed E-state index contributed by atoms with van der Waals surface area (Å²) in [6.45, 7) is 1.13. The maximum absolute atomic E-state index is 12.4. The SMILES string of the molecule is CN(Cc1ccc(Br)s1)C(=O)CCn1c(-c2cccs2)n[nH]c1=S. The monoisotopic (exact) mass is 442 g/mol. The molecule has 0 fully saturated rings. The molecule has 3 aromatic rings. The van der Waals surface area contributed by atoms with E-state index in [2.05, 4.69) is 26.1 Å². The normalized spacial score (nSPS) is 10.9. The number of carbonyl (C=O) groups is 1. The molecule has 1 N–H and O–H groups in total. The average molecular weight is 443 g/mol. The van der Waals surface area contributed by atoms with Crippen LogP contribution < -0.4 is 0 Å². The smallest absolute Gasteiger partial charge is 0.224 e. The number of thiophene rings is 2. The molecule has 9 heteroatoms. The summed E-state index contributed by atoms with van der Waals surface area (Å²) in [5.74, 6) is 0.868. The summed E-state index contributed by atoms with van der Waals surface area (Å²) in [6, 6.07) is 7.99. The number of aromatic nitrogens is 3. The Hall–Kier alpha value is -1.29. The third-order valence-corrected chi connectivity index (χ3v) is 6.28. The van der Waals surface area contributed by atoms with Gasteiger partial charge in [0.15, 0.2) is 10.6 Å². The molecular formula is C15H15BrN4OS3. The summed E-state index contributed by atoms with van der Waals surface area (Å²) >= 11 is 12.0. The van der Waals surface area contributed by atoms with Crippen LogP contribution in [0.3, 0.4) is 0 Å². The van der Waals surface area contributed by atoms with Crippen molar-refractivity contribution in [2.45, 2.75) is 19.5 Å². The number of nitrogens with one attached hydrogen (secondary N) is 1. The first-order valence-electron chi connectivity index (χ1n) is 7.22. The van der Waals surface area contributed by atoms with E-state index in [-0.39, 0.29) is 5.91 Å². The highest BCUT2D eigenvalue weighted by molar-refractivity contribution is 9.11. The van der Waals surface area contributed by atoms with E-state index in [1.807, 2.05) is 41.3 Å². The summed E-state index contributed by atoms with van der Waals surface area (Å²) < 4.78 is 3.49. The van der Waals surface area contributed by atoms with Gasteiger partial charge in [-0.2, -0.15) is 5.10 Å². The first-order valence-corrected chi connectivity index (χ1v) is 10.1. The van der Waals surface area contributed by atoms with Gasteiger partial charge in [0, 0.05) is 24.9 Å². The lowest BCUT2D eigenvalue weighted by Gasteiger charge is -2.16. The van der Waals surface area contributed by atoms with E-state index >= 15 is 0 Å². The van der Waals surface area contributed by atoms with Crippen LogP contribution in [-0.4, -0.2) is 32.6 Å². The molecule has 5 nitrogen and oxygen atoms in total. The minimum absolute atomic E-state index is 0.0831. The predicted molar refractivity (Wildman–Crippen MR) is 104 cm³/mol. The maximum atomic E-state index is 12.4. The number of hydrogen-bond donors (Lipinski definition) is 1. The molecule has 0 saturated heterocycles. The van der Waals surface area contributed by atoms with Crippen molar-refractivity contribution in [2.75, 3.05) is 7.05 Å². The molecule has 0 spiro atoms. The lowest BCUT2D eigenvalue weighted by Crippen LogP contribution is -2.26. The maximum Gasteiger partial charge on any atom is 0.224 e. The minimum Gasteiger partial charge on any atom is -0.341 e. The van der Waals surface area contributed by atoms with Crippen LogP contribution in [0.4, 0.5) is 0 Å². The Kier molecular flexibility index (Phi) is 5.65. The highest BCUT2D eigenvalue weighted by atomic mass is 79.9. The third kappa shape index (κ3) is 4.02. The van der Waals surface area contributed by atoms with Gasteiger partial charge in [-0.05, 0) is 51.7 Å². The van der Waals surface area contributed by atoms with E-state index in [0.717, 1.165) is 19.4 Å². The third-order valence-electron chi connectivity index (χ3n) is 3.50. The molecule has 0 saturated carbocycles. The van der Waals surface area contributed by atoms with Crippen LogP contribution in [-0.2, 0) is 17.9 Å². The van der Waals surface area contributed by atoms with E-state index in [1.54, 1.807) is 27.6 Å². The number of H-pyrrole nitrogens is 1. The second-order valence-electron chi connectivity index (χ2n) is 5.19. The zero-order chi connectivity index (χ0) is 17.1. The van der Waals surface area contributed by atoms with Crippen molar-refractivity contribution >= 4 is 56.7 Å². The number of nitrogens with zero attached hydrogens (tertiary/aromatic N) is 3.